The maximum absolute atomic E-state index is 11.0. The fourth-order valence-electron chi connectivity index (χ4n) is 1.91. The van der Waals surface area contributed by atoms with Gasteiger partial charge in [-0.1, -0.05) is 13.0 Å². The number of carbonyl (C=O) groups is 1. The van der Waals surface area contributed by atoms with E-state index < -0.39 is 5.97 Å². The van der Waals surface area contributed by atoms with E-state index in [1.807, 2.05) is 20.2 Å². The smallest absolute Gasteiger partial charge is 0.339 e. The number of rotatable bonds is 3. The van der Waals surface area contributed by atoms with Crippen LogP contribution < -0.4 is 0 Å². The van der Waals surface area contributed by atoms with Gasteiger partial charge in [-0.25, -0.2) is 4.79 Å². The fourth-order valence-corrected chi connectivity index (χ4v) is 1.91. The third-order valence-electron chi connectivity index (χ3n) is 2.78. The van der Waals surface area contributed by atoms with Gasteiger partial charge in [0.2, 0.25) is 0 Å². The zero-order valence-corrected chi connectivity index (χ0v) is 10.2. The fraction of sp³-hybridized carbons (Fsp3) is 0.231. The largest absolute Gasteiger partial charge is 0.507 e. The number of aromatic carboxylic acids is 1. The minimum absolute atomic E-state index is 0.0987. The number of carboxylic acid groups (broad SMARTS) is 1. The molecular weight excluding hydrogens is 232 g/mol. The highest BCUT2D eigenvalue weighted by atomic mass is 16.4. The summed E-state index contributed by atoms with van der Waals surface area (Å²) in [6.07, 6.45) is 2.61. The molecule has 94 valence electrons. The number of aryl methyl sites for hydroxylation is 2. The zero-order chi connectivity index (χ0) is 13.3. The minimum Gasteiger partial charge on any atom is -0.507 e. The van der Waals surface area contributed by atoms with Crippen LogP contribution in [0.15, 0.2) is 24.4 Å². The van der Waals surface area contributed by atoms with Crippen molar-refractivity contribution in [2.45, 2.75) is 13.3 Å². The van der Waals surface area contributed by atoms with Gasteiger partial charge in [-0.3, -0.25) is 4.68 Å². The molecule has 2 aromatic rings. The maximum atomic E-state index is 11.0. The van der Waals surface area contributed by atoms with Crippen LogP contribution in [0, 0.1) is 0 Å². The number of aromatic nitrogens is 2. The van der Waals surface area contributed by atoms with Crippen molar-refractivity contribution in [1.29, 1.82) is 0 Å². The maximum Gasteiger partial charge on any atom is 0.339 e. The third kappa shape index (κ3) is 2.07. The lowest BCUT2D eigenvalue weighted by molar-refractivity contribution is 0.0694. The van der Waals surface area contributed by atoms with Crippen LogP contribution in [0.5, 0.6) is 5.75 Å². The van der Waals surface area contributed by atoms with E-state index in [2.05, 4.69) is 5.10 Å². The van der Waals surface area contributed by atoms with Crippen molar-refractivity contribution in [2.24, 2.45) is 7.05 Å². The van der Waals surface area contributed by atoms with E-state index >= 15 is 0 Å². The molecule has 0 aliphatic carbocycles. The van der Waals surface area contributed by atoms with Crippen LogP contribution >= 0.6 is 0 Å². The lowest BCUT2D eigenvalue weighted by Gasteiger charge is -2.04. The van der Waals surface area contributed by atoms with Gasteiger partial charge in [0.05, 0.1) is 5.69 Å². The van der Waals surface area contributed by atoms with Crippen molar-refractivity contribution in [2.75, 3.05) is 0 Å². The van der Waals surface area contributed by atoms with Gasteiger partial charge in [0.1, 0.15) is 11.3 Å². The number of carboxylic acids is 1. The second-order valence-corrected chi connectivity index (χ2v) is 4.05. The molecular formula is C13H14N2O3. The molecule has 1 aromatic carbocycles. The quantitative estimate of drug-likeness (QED) is 0.869. The molecule has 0 bridgehead atoms. The molecule has 5 heteroatoms. The lowest BCUT2D eigenvalue weighted by atomic mass is 10.0. The van der Waals surface area contributed by atoms with Crippen molar-refractivity contribution in [3.8, 4) is 16.9 Å². The molecule has 0 atom stereocenters. The Balaban J connectivity index is 2.57. The standard InChI is InChI=1S/C13H14N2O3/c1-3-11-10(7-15(2)14-11)8-4-5-12(16)9(6-8)13(17)18/h4-7,16H,3H2,1-2H3,(H,17,18). The minimum atomic E-state index is -1.14. The molecule has 0 spiro atoms. The van der Waals surface area contributed by atoms with Crippen molar-refractivity contribution in [3.63, 3.8) is 0 Å². The first-order valence-corrected chi connectivity index (χ1v) is 5.62. The van der Waals surface area contributed by atoms with Crippen LogP contribution in [0.2, 0.25) is 0 Å². The molecule has 0 saturated carbocycles. The highest BCUT2D eigenvalue weighted by Gasteiger charge is 2.14. The molecule has 18 heavy (non-hydrogen) atoms. The second-order valence-electron chi connectivity index (χ2n) is 4.05. The van der Waals surface area contributed by atoms with Gasteiger partial charge in [0, 0.05) is 18.8 Å². The van der Waals surface area contributed by atoms with Crippen molar-refractivity contribution >= 4 is 5.97 Å². The summed E-state index contributed by atoms with van der Waals surface area (Å²) in [6.45, 7) is 1.99. The predicted octanol–water partition coefficient (Wildman–Crippen LogP) is 2.05. The summed E-state index contributed by atoms with van der Waals surface area (Å²) in [5, 5.41) is 22.8. The number of hydrogen-bond donors (Lipinski definition) is 2. The first-order valence-electron chi connectivity index (χ1n) is 5.62. The Labute approximate surface area is 104 Å². The lowest BCUT2D eigenvalue weighted by Crippen LogP contribution is -1.97. The van der Waals surface area contributed by atoms with Crippen LogP contribution in [0.1, 0.15) is 23.0 Å². The molecule has 0 aliphatic heterocycles. The molecule has 0 unspecified atom stereocenters. The Bertz CT molecular complexity index is 602. The van der Waals surface area contributed by atoms with E-state index in [0.717, 1.165) is 23.2 Å². The van der Waals surface area contributed by atoms with Crippen LogP contribution in [-0.4, -0.2) is 26.0 Å². The zero-order valence-electron chi connectivity index (χ0n) is 10.2. The van der Waals surface area contributed by atoms with Crippen LogP contribution in [-0.2, 0) is 13.5 Å². The Kier molecular flexibility index (Phi) is 3.06. The molecule has 1 heterocycles. The molecule has 5 nitrogen and oxygen atoms in total. The third-order valence-corrected chi connectivity index (χ3v) is 2.78. The number of phenols is 1. The predicted molar refractivity (Wildman–Crippen MR) is 66.6 cm³/mol. The number of aromatic hydroxyl groups is 1. The summed E-state index contributed by atoms with van der Waals surface area (Å²) in [5.41, 5.74) is 2.44. The molecule has 0 saturated heterocycles. The SMILES string of the molecule is CCc1nn(C)cc1-c1ccc(O)c(C(=O)O)c1. The van der Waals surface area contributed by atoms with E-state index in [1.54, 1.807) is 10.7 Å². The van der Waals surface area contributed by atoms with E-state index in [1.165, 1.54) is 12.1 Å². The number of hydrogen-bond acceptors (Lipinski definition) is 3. The molecule has 0 fully saturated rings. The first kappa shape index (κ1) is 12.2. The van der Waals surface area contributed by atoms with Crippen LogP contribution in [0.25, 0.3) is 11.1 Å². The van der Waals surface area contributed by atoms with Crippen LogP contribution in [0.3, 0.4) is 0 Å². The number of benzene rings is 1. The Morgan fingerprint density at radius 2 is 2.17 bits per heavy atom. The van der Waals surface area contributed by atoms with Gasteiger partial charge >= 0.3 is 5.97 Å². The highest BCUT2D eigenvalue weighted by Crippen LogP contribution is 2.28. The van der Waals surface area contributed by atoms with Gasteiger partial charge in [0.25, 0.3) is 0 Å². The summed E-state index contributed by atoms with van der Waals surface area (Å²) >= 11 is 0. The Morgan fingerprint density at radius 1 is 1.44 bits per heavy atom. The molecule has 0 amide bonds. The van der Waals surface area contributed by atoms with Gasteiger partial charge < -0.3 is 10.2 Å². The molecule has 2 rings (SSSR count). The molecule has 0 aliphatic rings. The topological polar surface area (TPSA) is 75.3 Å². The van der Waals surface area contributed by atoms with Crippen LogP contribution in [0.4, 0.5) is 0 Å². The summed E-state index contributed by atoms with van der Waals surface area (Å²) < 4.78 is 1.70. The average molecular weight is 246 g/mol. The van der Waals surface area contributed by atoms with E-state index in [-0.39, 0.29) is 11.3 Å². The molecule has 1 aromatic heterocycles. The van der Waals surface area contributed by atoms with E-state index in [9.17, 15) is 9.90 Å². The van der Waals surface area contributed by atoms with Crippen molar-refractivity contribution in [3.05, 3.63) is 35.7 Å². The van der Waals surface area contributed by atoms with Gasteiger partial charge in [-0.2, -0.15) is 5.10 Å². The van der Waals surface area contributed by atoms with Crippen molar-refractivity contribution in [1.82, 2.24) is 9.78 Å². The van der Waals surface area contributed by atoms with E-state index in [0.29, 0.717) is 0 Å². The normalized spacial score (nSPS) is 10.6. The van der Waals surface area contributed by atoms with Gasteiger partial charge in [-0.05, 0) is 24.1 Å². The van der Waals surface area contributed by atoms with Crippen molar-refractivity contribution < 1.29 is 15.0 Å². The summed E-state index contributed by atoms with van der Waals surface area (Å²) in [4.78, 5) is 11.0. The summed E-state index contributed by atoms with van der Waals surface area (Å²) in [7, 11) is 1.82. The summed E-state index contributed by atoms with van der Waals surface area (Å²) in [6, 6.07) is 4.55. The average Bonchev–Trinajstić information content (AvgIpc) is 2.70. The highest BCUT2D eigenvalue weighted by molar-refractivity contribution is 5.92. The van der Waals surface area contributed by atoms with E-state index in [4.69, 9.17) is 5.11 Å². The molecule has 2 N–H and O–H groups in total. The van der Waals surface area contributed by atoms with Gasteiger partial charge in [-0.15, -0.1) is 0 Å². The second kappa shape index (κ2) is 4.52. The Hall–Kier alpha value is -2.30. The Morgan fingerprint density at radius 3 is 2.78 bits per heavy atom. The first-order chi connectivity index (χ1) is 8.52. The summed E-state index contributed by atoms with van der Waals surface area (Å²) in [5.74, 6) is -1.37. The molecule has 0 radical (unpaired) electrons. The monoisotopic (exact) mass is 246 g/mol. The van der Waals surface area contributed by atoms with Gasteiger partial charge in [0.15, 0.2) is 0 Å². The number of nitrogens with zero attached hydrogens (tertiary/aromatic N) is 2.